The lowest BCUT2D eigenvalue weighted by Crippen LogP contribution is -2.06. The first kappa shape index (κ1) is 16.4. The Hall–Kier alpha value is -2.46. The van der Waals surface area contributed by atoms with Crippen molar-refractivity contribution in [2.45, 2.75) is 20.4 Å². The Morgan fingerprint density at radius 2 is 1.96 bits per heavy atom. The van der Waals surface area contributed by atoms with Gasteiger partial charge in [0.2, 0.25) is 0 Å². The number of rotatable bonds is 4. The summed E-state index contributed by atoms with van der Waals surface area (Å²) >= 11 is 6.14. The van der Waals surface area contributed by atoms with Crippen LogP contribution in [0.3, 0.4) is 0 Å². The molecule has 4 nitrogen and oxygen atoms in total. The Kier molecular flexibility index (Phi) is 4.49. The second-order valence-corrected chi connectivity index (χ2v) is 6.08. The summed E-state index contributed by atoms with van der Waals surface area (Å²) in [7, 11) is 1.58. The van der Waals surface area contributed by atoms with Gasteiger partial charge in [0.1, 0.15) is 11.3 Å². The van der Waals surface area contributed by atoms with E-state index in [0.29, 0.717) is 22.9 Å². The highest BCUT2D eigenvalue weighted by Crippen LogP contribution is 2.28. The van der Waals surface area contributed by atoms with Crippen LogP contribution in [-0.4, -0.2) is 7.11 Å². The third-order valence-electron chi connectivity index (χ3n) is 4.15. The maximum Gasteiger partial charge on any atom is 0.336 e. The minimum atomic E-state index is -0.347. The van der Waals surface area contributed by atoms with Crippen LogP contribution in [-0.2, 0) is 6.54 Å². The van der Waals surface area contributed by atoms with Gasteiger partial charge in [0.25, 0.3) is 0 Å². The number of fused-ring (bicyclic) bond motifs is 1. The van der Waals surface area contributed by atoms with Crippen molar-refractivity contribution >= 4 is 28.3 Å². The molecule has 0 aliphatic heterocycles. The van der Waals surface area contributed by atoms with E-state index in [1.165, 1.54) is 6.07 Å². The molecule has 0 spiro atoms. The van der Waals surface area contributed by atoms with Crippen LogP contribution in [0, 0.1) is 13.8 Å². The van der Waals surface area contributed by atoms with Gasteiger partial charge in [-0.2, -0.15) is 0 Å². The number of halogens is 1. The molecule has 0 saturated carbocycles. The summed E-state index contributed by atoms with van der Waals surface area (Å²) in [5.74, 6) is 0.624. The quantitative estimate of drug-likeness (QED) is 0.698. The van der Waals surface area contributed by atoms with E-state index >= 15 is 0 Å². The molecule has 0 aliphatic rings. The molecule has 24 heavy (non-hydrogen) atoms. The summed E-state index contributed by atoms with van der Waals surface area (Å²) in [5.41, 5.74) is 4.12. The molecule has 3 aromatic rings. The number of nitrogens with one attached hydrogen (secondary N) is 1. The topological polar surface area (TPSA) is 51.5 Å². The van der Waals surface area contributed by atoms with E-state index in [1.54, 1.807) is 19.2 Å². The van der Waals surface area contributed by atoms with E-state index < -0.39 is 0 Å². The van der Waals surface area contributed by atoms with Gasteiger partial charge in [0.05, 0.1) is 12.1 Å². The van der Waals surface area contributed by atoms with Gasteiger partial charge in [0, 0.05) is 23.7 Å². The van der Waals surface area contributed by atoms with Crippen LogP contribution in [0.15, 0.2) is 45.6 Å². The maximum atomic E-state index is 11.9. The molecule has 0 atom stereocenters. The second kappa shape index (κ2) is 6.57. The van der Waals surface area contributed by atoms with Crippen LogP contribution in [0.2, 0.25) is 5.02 Å². The molecular formula is C19H18ClNO3. The molecule has 0 aliphatic carbocycles. The highest BCUT2D eigenvalue weighted by molar-refractivity contribution is 6.32. The fraction of sp³-hybridized carbons (Fsp3) is 0.211. The number of hydrogen-bond acceptors (Lipinski definition) is 4. The van der Waals surface area contributed by atoms with Gasteiger partial charge in [-0.3, -0.25) is 0 Å². The van der Waals surface area contributed by atoms with Crippen molar-refractivity contribution in [3.63, 3.8) is 0 Å². The zero-order chi connectivity index (χ0) is 17.3. The van der Waals surface area contributed by atoms with E-state index in [-0.39, 0.29) is 5.63 Å². The molecule has 0 unspecified atom stereocenters. The number of anilines is 1. The molecule has 3 rings (SSSR count). The summed E-state index contributed by atoms with van der Waals surface area (Å²) in [5, 5.41) is 4.75. The van der Waals surface area contributed by atoms with Gasteiger partial charge in [0.15, 0.2) is 0 Å². The fourth-order valence-corrected chi connectivity index (χ4v) is 2.90. The number of aryl methyl sites for hydroxylation is 2. The highest BCUT2D eigenvalue weighted by atomic mass is 35.5. The van der Waals surface area contributed by atoms with Gasteiger partial charge in [-0.15, -0.1) is 0 Å². The van der Waals surface area contributed by atoms with Crippen molar-refractivity contribution in [1.82, 2.24) is 0 Å². The van der Waals surface area contributed by atoms with Gasteiger partial charge in [-0.1, -0.05) is 23.7 Å². The van der Waals surface area contributed by atoms with Crippen LogP contribution in [0.1, 0.15) is 16.7 Å². The molecule has 1 heterocycles. The summed E-state index contributed by atoms with van der Waals surface area (Å²) in [6.45, 7) is 4.45. The van der Waals surface area contributed by atoms with Crippen molar-refractivity contribution in [3.05, 3.63) is 68.5 Å². The Morgan fingerprint density at radius 1 is 1.17 bits per heavy atom. The van der Waals surface area contributed by atoms with Crippen molar-refractivity contribution in [2.75, 3.05) is 12.4 Å². The first-order valence-corrected chi connectivity index (χ1v) is 7.97. The number of methoxy groups -OCH3 is 1. The molecule has 0 amide bonds. The summed E-state index contributed by atoms with van der Waals surface area (Å²) in [6, 6.07) is 11.0. The molecule has 1 aromatic heterocycles. The molecule has 0 radical (unpaired) electrons. The summed E-state index contributed by atoms with van der Waals surface area (Å²) < 4.78 is 10.5. The van der Waals surface area contributed by atoms with Gasteiger partial charge in [-0.05, 0) is 48.7 Å². The maximum absolute atomic E-state index is 11.9. The van der Waals surface area contributed by atoms with Crippen molar-refractivity contribution in [1.29, 1.82) is 0 Å². The van der Waals surface area contributed by atoms with E-state index in [2.05, 4.69) is 5.32 Å². The minimum absolute atomic E-state index is 0.347. The molecule has 1 N–H and O–H groups in total. The number of hydrogen-bond donors (Lipinski definition) is 1. The normalized spacial score (nSPS) is 10.8. The summed E-state index contributed by atoms with van der Waals surface area (Å²) in [6.07, 6.45) is 0. The average molecular weight is 344 g/mol. The zero-order valence-corrected chi connectivity index (χ0v) is 14.5. The largest absolute Gasteiger partial charge is 0.495 e. The van der Waals surface area contributed by atoms with E-state index in [0.717, 1.165) is 27.8 Å². The smallest absolute Gasteiger partial charge is 0.336 e. The first-order valence-electron chi connectivity index (χ1n) is 7.60. The predicted octanol–water partition coefficient (Wildman–Crippen LogP) is 4.68. The van der Waals surface area contributed by atoms with Crippen LogP contribution >= 0.6 is 11.6 Å². The third kappa shape index (κ3) is 3.10. The fourth-order valence-electron chi connectivity index (χ4n) is 2.64. The zero-order valence-electron chi connectivity index (χ0n) is 13.8. The lowest BCUT2D eigenvalue weighted by molar-refractivity contribution is 0.415. The molecular weight excluding hydrogens is 326 g/mol. The third-order valence-corrected chi connectivity index (χ3v) is 4.45. The van der Waals surface area contributed by atoms with Crippen molar-refractivity contribution in [3.8, 4) is 5.75 Å². The van der Waals surface area contributed by atoms with Crippen molar-refractivity contribution in [2.24, 2.45) is 0 Å². The number of benzene rings is 2. The molecule has 2 aromatic carbocycles. The first-order chi connectivity index (χ1) is 11.5. The minimum Gasteiger partial charge on any atom is -0.495 e. The SMILES string of the molecule is COc1ccc(NCc2cc(=O)oc3c(C)c(C)ccc23)cc1Cl. The molecule has 0 bridgehead atoms. The molecule has 124 valence electrons. The Morgan fingerprint density at radius 3 is 2.67 bits per heavy atom. The van der Waals surface area contributed by atoms with Gasteiger partial charge >= 0.3 is 5.63 Å². The summed E-state index contributed by atoms with van der Waals surface area (Å²) in [4.78, 5) is 11.9. The van der Waals surface area contributed by atoms with E-state index in [9.17, 15) is 4.79 Å². The van der Waals surface area contributed by atoms with Gasteiger partial charge in [-0.25, -0.2) is 4.79 Å². The van der Waals surface area contributed by atoms with Crippen LogP contribution in [0.25, 0.3) is 11.0 Å². The van der Waals surface area contributed by atoms with Crippen LogP contribution in [0.5, 0.6) is 5.75 Å². The van der Waals surface area contributed by atoms with Crippen molar-refractivity contribution < 1.29 is 9.15 Å². The lowest BCUT2D eigenvalue weighted by atomic mass is 10.0. The number of ether oxygens (including phenoxy) is 1. The molecule has 0 saturated heterocycles. The van der Waals surface area contributed by atoms with Crippen LogP contribution in [0.4, 0.5) is 5.69 Å². The standard InChI is InChI=1S/C19H18ClNO3/c1-11-4-6-15-13(8-18(22)24-19(15)12(11)2)10-21-14-5-7-17(23-3)16(20)9-14/h4-9,21H,10H2,1-3H3. The monoisotopic (exact) mass is 343 g/mol. The Labute approximate surface area is 145 Å². The Balaban J connectivity index is 1.94. The van der Waals surface area contributed by atoms with Crippen LogP contribution < -0.4 is 15.7 Å². The average Bonchev–Trinajstić information content (AvgIpc) is 2.56. The highest BCUT2D eigenvalue weighted by Gasteiger charge is 2.10. The molecule has 0 fully saturated rings. The predicted molar refractivity (Wildman–Crippen MR) is 97.3 cm³/mol. The Bertz CT molecular complexity index is 963. The van der Waals surface area contributed by atoms with E-state index in [4.69, 9.17) is 20.8 Å². The second-order valence-electron chi connectivity index (χ2n) is 5.68. The lowest BCUT2D eigenvalue weighted by Gasteiger charge is -2.12. The molecule has 5 heteroatoms. The van der Waals surface area contributed by atoms with E-state index in [1.807, 2.05) is 32.0 Å². The van der Waals surface area contributed by atoms with Gasteiger partial charge < -0.3 is 14.5 Å².